The van der Waals surface area contributed by atoms with Crippen molar-refractivity contribution in [3.8, 4) is 0 Å². The van der Waals surface area contributed by atoms with Crippen LogP contribution < -0.4 is 0 Å². The smallest absolute Gasteiger partial charge is 0.310 e. The number of aryl methyl sites for hydroxylation is 2. The van der Waals surface area contributed by atoms with Crippen molar-refractivity contribution in [2.24, 2.45) is 11.8 Å². The molecular weight excluding hydrogens is 398 g/mol. The summed E-state index contributed by atoms with van der Waals surface area (Å²) in [5, 5.41) is 3.74. The topological polar surface area (TPSA) is 110 Å². The Labute approximate surface area is 171 Å². The van der Waals surface area contributed by atoms with E-state index in [4.69, 9.17) is 9.26 Å². The molecular formula is C19H29N3O6S. The molecule has 1 aromatic rings. The van der Waals surface area contributed by atoms with E-state index in [-0.39, 0.29) is 47.5 Å². The van der Waals surface area contributed by atoms with Gasteiger partial charge in [0.25, 0.3) is 0 Å². The molecule has 0 aromatic carbocycles. The third kappa shape index (κ3) is 4.48. The number of aromatic nitrogens is 1. The number of rotatable bonds is 5. The number of likely N-dealkylation sites (tertiary alicyclic amines) is 1. The van der Waals surface area contributed by atoms with Gasteiger partial charge in [-0.1, -0.05) is 5.16 Å². The zero-order valence-electron chi connectivity index (χ0n) is 17.2. The fourth-order valence-electron chi connectivity index (χ4n) is 4.20. The molecule has 29 heavy (non-hydrogen) atoms. The van der Waals surface area contributed by atoms with Crippen LogP contribution in [0.1, 0.15) is 44.1 Å². The molecule has 162 valence electrons. The molecule has 0 bridgehead atoms. The van der Waals surface area contributed by atoms with Crippen LogP contribution in [-0.4, -0.2) is 67.4 Å². The Morgan fingerprint density at radius 3 is 2.41 bits per heavy atom. The normalized spacial score (nSPS) is 21.9. The lowest BCUT2D eigenvalue weighted by atomic mass is 9.93. The molecule has 1 unspecified atom stereocenters. The predicted molar refractivity (Wildman–Crippen MR) is 103 cm³/mol. The van der Waals surface area contributed by atoms with E-state index in [1.165, 1.54) is 4.31 Å². The van der Waals surface area contributed by atoms with Crippen LogP contribution >= 0.6 is 0 Å². The van der Waals surface area contributed by atoms with Crippen molar-refractivity contribution in [1.29, 1.82) is 0 Å². The standard InChI is InChI=1S/C19H29N3O6S/c1-4-27-19(24)16-6-5-9-21(12-16)18(23)15-7-10-22(11-8-15)29(25,26)17-13(2)20-28-14(17)3/h15-16H,4-12H2,1-3H3. The third-order valence-corrected chi connectivity index (χ3v) is 7.87. The van der Waals surface area contributed by atoms with Crippen LogP contribution in [0.2, 0.25) is 0 Å². The van der Waals surface area contributed by atoms with E-state index >= 15 is 0 Å². The summed E-state index contributed by atoms with van der Waals surface area (Å²) in [6.45, 7) is 6.86. The van der Waals surface area contributed by atoms with Crippen LogP contribution in [0.5, 0.6) is 0 Å². The van der Waals surface area contributed by atoms with E-state index in [1.54, 1.807) is 25.7 Å². The first-order chi connectivity index (χ1) is 13.8. The lowest BCUT2D eigenvalue weighted by Crippen LogP contribution is -2.48. The summed E-state index contributed by atoms with van der Waals surface area (Å²) in [5.74, 6) is -0.461. The molecule has 2 saturated heterocycles. The van der Waals surface area contributed by atoms with Crippen molar-refractivity contribution in [2.75, 3.05) is 32.8 Å². The number of hydrogen-bond acceptors (Lipinski definition) is 7. The quantitative estimate of drug-likeness (QED) is 0.655. The van der Waals surface area contributed by atoms with Crippen LogP contribution in [0.25, 0.3) is 0 Å². The summed E-state index contributed by atoms with van der Waals surface area (Å²) >= 11 is 0. The predicted octanol–water partition coefficient (Wildman–Crippen LogP) is 1.49. The van der Waals surface area contributed by atoms with Gasteiger partial charge in [0.2, 0.25) is 15.9 Å². The number of hydrogen-bond donors (Lipinski definition) is 0. The number of piperidine rings is 2. The summed E-state index contributed by atoms with van der Waals surface area (Å²) in [6.07, 6.45) is 2.43. The zero-order valence-corrected chi connectivity index (χ0v) is 18.0. The number of sulfonamides is 1. The second-order valence-electron chi connectivity index (χ2n) is 7.71. The maximum atomic E-state index is 13.0. The largest absolute Gasteiger partial charge is 0.466 e. The molecule has 1 amide bonds. The monoisotopic (exact) mass is 427 g/mol. The fraction of sp³-hybridized carbons (Fsp3) is 0.737. The number of nitrogens with zero attached hydrogens (tertiary/aromatic N) is 3. The Morgan fingerprint density at radius 1 is 1.14 bits per heavy atom. The van der Waals surface area contributed by atoms with Gasteiger partial charge in [-0.15, -0.1) is 0 Å². The molecule has 0 saturated carbocycles. The summed E-state index contributed by atoms with van der Waals surface area (Å²) in [7, 11) is -3.69. The minimum absolute atomic E-state index is 0.00776. The number of carbonyl (C=O) groups excluding carboxylic acids is 2. The van der Waals surface area contributed by atoms with Gasteiger partial charge in [0, 0.05) is 32.1 Å². The molecule has 1 atom stereocenters. The molecule has 2 fully saturated rings. The van der Waals surface area contributed by atoms with Crippen molar-refractivity contribution in [2.45, 2.75) is 51.3 Å². The molecule has 0 aliphatic carbocycles. The number of carbonyl (C=O) groups is 2. The molecule has 1 aromatic heterocycles. The van der Waals surface area contributed by atoms with Crippen LogP contribution in [-0.2, 0) is 24.3 Å². The average Bonchev–Trinajstić information content (AvgIpc) is 3.06. The van der Waals surface area contributed by atoms with E-state index in [0.29, 0.717) is 38.2 Å². The summed E-state index contributed by atoms with van der Waals surface area (Å²) < 4.78 is 37.4. The molecule has 0 radical (unpaired) electrons. The van der Waals surface area contributed by atoms with Crippen LogP contribution in [0.3, 0.4) is 0 Å². The van der Waals surface area contributed by atoms with Gasteiger partial charge in [0.05, 0.1) is 12.5 Å². The van der Waals surface area contributed by atoms with Crippen molar-refractivity contribution < 1.29 is 27.3 Å². The summed E-state index contributed by atoms with van der Waals surface area (Å²) in [4.78, 5) is 26.8. The maximum absolute atomic E-state index is 13.0. The second kappa shape index (κ2) is 8.83. The highest BCUT2D eigenvalue weighted by molar-refractivity contribution is 7.89. The Morgan fingerprint density at radius 2 is 1.83 bits per heavy atom. The first-order valence-electron chi connectivity index (χ1n) is 10.1. The Hall–Kier alpha value is -1.94. The van der Waals surface area contributed by atoms with Gasteiger partial charge in [0.1, 0.15) is 10.6 Å². The highest BCUT2D eigenvalue weighted by Crippen LogP contribution is 2.29. The van der Waals surface area contributed by atoms with Crippen LogP contribution in [0.4, 0.5) is 0 Å². The molecule has 0 N–H and O–H groups in total. The second-order valence-corrected chi connectivity index (χ2v) is 9.58. The van der Waals surface area contributed by atoms with Crippen molar-refractivity contribution in [3.63, 3.8) is 0 Å². The first kappa shape index (κ1) is 21.8. The van der Waals surface area contributed by atoms with Gasteiger partial charge in [-0.05, 0) is 46.5 Å². The molecule has 2 aliphatic rings. The molecule has 9 nitrogen and oxygen atoms in total. The van der Waals surface area contributed by atoms with Gasteiger partial charge in [-0.25, -0.2) is 8.42 Å². The van der Waals surface area contributed by atoms with Crippen LogP contribution in [0.15, 0.2) is 9.42 Å². The van der Waals surface area contributed by atoms with Gasteiger partial charge in [0.15, 0.2) is 5.76 Å². The number of esters is 1. The van der Waals surface area contributed by atoms with Gasteiger partial charge >= 0.3 is 5.97 Å². The van der Waals surface area contributed by atoms with Gasteiger partial charge in [-0.3, -0.25) is 9.59 Å². The Kier molecular flexibility index (Phi) is 6.62. The van der Waals surface area contributed by atoms with E-state index in [0.717, 1.165) is 12.8 Å². The molecule has 0 spiro atoms. The summed E-state index contributed by atoms with van der Waals surface area (Å²) in [5.41, 5.74) is 0.346. The third-order valence-electron chi connectivity index (χ3n) is 5.72. The van der Waals surface area contributed by atoms with Crippen molar-refractivity contribution in [3.05, 3.63) is 11.5 Å². The van der Waals surface area contributed by atoms with Crippen LogP contribution in [0, 0.1) is 25.7 Å². The highest BCUT2D eigenvalue weighted by Gasteiger charge is 2.38. The average molecular weight is 428 g/mol. The lowest BCUT2D eigenvalue weighted by Gasteiger charge is -2.36. The Bertz CT molecular complexity index is 838. The van der Waals surface area contributed by atoms with E-state index in [1.807, 2.05) is 0 Å². The number of ether oxygens (including phenoxy) is 1. The highest BCUT2D eigenvalue weighted by atomic mass is 32.2. The molecule has 3 heterocycles. The molecule has 2 aliphatic heterocycles. The number of amides is 1. The van der Waals surface area contributed by atoms with E-state index in [2.05, 4.69) is 5.16 Å². The van der Waals surface area contributed by atoms with E-state index in [9.17, 15) is 18.0 Å². The summed E-state index contributed by atoms with van der Waals surface area (Å²) in [6, 6.07) is 0. The molecule has 3 rings (SSSR count). The van der Waals surface area contributed by atoms with Crippen molar-refractivity contribution in [1.82, 2.24) is 14.4 Å². The zero-order chi connectivity index (χ0) is 21.2. The SMILES string of the molecule is CCOC(=O)C1CCCN(C(=O)C2CCN(S(=O)(=O)c3c(C)noc3C)CC2)C1. The van der Waals surface area contributed by atoms with E-state index < -0.39 is 10.0 Å². The fourth-order valence-corrected chi connectivity index (χ4v) is 5.96. The Balaban J connectivity index is 1.60. The first-order valence-corrected chi connectivity index (χ1v) is 11.6. The minimum atomic E-state index is -3.69. The van der Waals surface area contributed by atoms with Crippen molar-refractivity contribution >= 4 is 21.9 Å². The molecule has 10 heteroatoms. The van der Waals surface area contributed by atoms with Gasteiger partial charge in [-0.2, -0.15) is 4.31 Å². The lowest BCUT2D eigenvalue weighted by molar-refractivity contribution is -0.152. The minimum Gasteiger partial charge on any atom is -0.466 e. The maximum Gasteiger partial charge on any atom is 0.310 e. The van der Waals surface area contributed by atoms with Gasteiger partial charge < -0.3 is 14.2 Å².